The summed E-state index contributed by atoms with van der Waals surface area (Å²) in [4.78, 5) is 28.8. The second-order valence-corrected chi connectivity index (χ2v) is 6.30. The third-order valence-electron chi connectivity index (χ3n) is 4.02. The topological polar surface area (TPSA) is 80.3 Å². The first-order chi connectivity index (χ1) is 13.0. The minimum atomic E-state index is -5.22. The van der Waals surface area contributed by atoms with Crippen molar-refractivity contribution in [2.75, 3.05) is 12.4 Å². The minimum absolute atomic E-state index is 0.00444. The van der Waals surface area contributed by atoms with E-state index in [0.717, 1.165) is 7.11 Å². The van der Waals surface area contributed by atoms with Crippen LogP contribution in [0.1, 0.15) is 27.2 Å². The van der Waals surface area contributed by atoms with E-state index in [-0.39, 0.29) is 11.4 Å². The van der Waals surface area contributed by atoms with Gasteiger partial charge in [-0.2, -0.15) is 13.2 Å². The van der Waals surface area contributed by atoms with E-state index in [1.165, 1.54) is 18.2 Å². The number of aryl methyl sites for hydroxylation is 3. The number of benzene rings is 1. The molecule has 150 valence electrons. The summed E-state index contributed by atoms with van der Waals surface area (Å²) >= 11 is 0. The maximum absolute atomic E-state index is 14.1. The first kappa shape index (κ1) is 21.2. The van der Waals surface area contributed by atoms with Crippen LogP contribution in [0.25, 0.3) is 0 Å². The summed E-state index contributed by atoms with van der Waals surface area (Å²) < 4.78 is 46.6. The average molecular weight is 395 g/mol. The molecule has 0 spiro atoms. The summed E-state index contributed by atoms with van der Waals surface area (Å²) in [6.07, 6.45) is -5.22. The number of aromatic nitrogens is 1. The number of hydrogen-bond acceptors (Lipinski definition) is 5. The monoisotopic (exact) mass is 395 g/mol. The summed E-state index contributed by atoms with van der Waals surface area (Å²) in [6.45, 7) is 4.83. The SMILES string of the molecule is COC(=O)[C@@](NC(=O)c1ccccc1C)(Nc1cc(C)cc(C)n1)C(F)(F)F. The molecule has 0 aliphatic carbocycles. The number of ether oxygens (including phenoxy) is 1. The zero-order chi connectivity index (χ0) is 21.1. The fourth-order valence-electron chi connectivity index (χ4n) is 2.71. The van der Waals surface area contributed by atoms with Crippen molar-refractivity contribution in [3.63, 3.8) is 0 Å². The maximum atomic E-state index is 14.1. The van der Waals surface area contributed by atoms with Gasteiger partial charge in [-0.25, -0.2) is 9.78 Å². The van der Waals surface area contributed by atoms with Crippen LogP contribution in [-0.2, 0) is 9.53 Å². The smallest absolute Gasteiger partial charge is 0.441 e. The van der Waals surface area contributed by atoms with Gasteiger partial charge in [0.25, 0.3) is 5.91 Å². The first-order valence-electron chi connectivity index (χ1n) is 8.27. The third kappa shape index (κ3) is 4.24. The number of carbonyl (C=O) groups is 2. The van der Waals surface area contributed by atoms with E-state index in [1.54, 1.807) is 44.3 Å². The molecule has 2 rings (SSSR count). The molecule has 1 heterocycles. The van der Waals surface area contributed by atoms with Gasteiger partial charge in [-0.05, 0) is 50.1 Å². The Kier molecular flexibility index (Phi) is 5.96. The number of nitrogens with one attached hydrogen (secondary N) is 2. The van der Waals surface area contributed by atoms with Gasteiger partial charge >= 0.3 is 17.8 Å². The van der Waals surface area contributed by atoms with Gasteiger partial charge in [0.1, 0.15) is 5.82 Å². The molecule has 1 aromatic carbocycles. The number of alkyl halides is 3. The second kappa shape index (κ2) is 7.87. The molecule has 6 nitrogen and oxygen atoms in total. The number of methoxy groups -OCH3 is 1. The van der Waals surface area contributed by atoms with E-state index in [4.69, 9.17) is 0 Å². The number of halogens is 3. The van der Waals surface area contributed by atoms with E-state index in [0.29, 0.717) is 16.8 Å². The normalized spacial score (nSPS) is 13.4. The number of esters is 1. The highest BCUT2D eigenvalue weighted by Crippen LogP contribution is 2.33. The molecular weight excluding hydrogens is 375 g/mol. The minimum Gasteiger partial charge on any atom is -0.466 e. The molecule has 1 aromatic heterocycles. The van der Waals surface area contributed by atoms with Crippen LogP contribution < -0.4 is 10.6 Å². The average Bonchev–Trinajstić information content (AvgIpc) is 2.58. The lowest BCUT2D eigenvalue weighted by Gasteiger charge is -2.34. The second-order valence-electron chi connectivity index (χ2n) is 6.30. The number of amides is 1. The van der Waals surface area contributed by atoms with Gasteiger partial charge in [-0.1, -0.05) is 18.2 Å². The molecule has 2 aromatic rings. The third-order valence-corrected chi connectivity index (χ3v) is 4.02. The molecule has 0 aliphatic heterocycles. The van der Waals surface area contributed by atoms with Gasteiger partial charge in [0.05, 0.1) is 7.11 Å². The maximum Gasteiger partial charge on any atom is 0.441 e. The van der Waals surface area contributed by atoms with Gasteiger partial charge in [0, 0.05) is 11.3 Å². The molecule has 0 radical (unpaired) electrons. The molecule has 0 aliphatic rings. The molecule has 0 saturated heterocycles. The summed E-state index contributed by atoms with van der Waals surface area (Å²) in [6, 6.07) is 9.07. The quantitative estimate of drug-likeness (QED) is 0.600. The van der Waals surface area contributed by atoms with Crippen molar-refractivity contribution in [3.8, 4) is 0 Å². The Balaban J connectivity index is 2.56. The lowest BCUT2D eigenvalue weighted by molar-refractivity contribution is -0.203. The number of rotatable bonds is 5. The van der Waals surface area contributed by atoms with E-state index in [2.05, 4.69) is 9.72 Å². The van der Waals surface area contributed by atoms with Crippen molar-refractivity contribution in [1.29, 1.82) is 0 Å². The molecule has 1 amide bonds. The Morgan fingerprint density at radius 2 is 1.71 bits per heavy atom. The molecule has 28 heavy (non-hydrogen) atoms. The van der Waals surface area contributed by atoms with Crippen molar-refractivity contribution in [1.82, 2.24) is 10.3 Å². The van der Waals surface area contributed by atoms with Crippen LogP contribution in [0.5, 0.6) is 0 Å². The van der Waals surface area contributed by atoms with E-state index < -0.39 is 23.7 Å². The predicted octanol–water partition coefficient (Wildman–Crippen LogP) is 3.28. The summed E-state index contributed by atoms with van der Waals surface area (Å²) in [5.41, 5.74) is -2.01. The lowest BCUT2D eigenvalue weighted by atomic mass is 10.1. The Bertz CT molecular complexity index is 879. The van der Waals surface area contributed by atoms with Gasteiger partial charge < -0.3 is 15.4 Å². The van der Waals surface area contributed by atoms with Crippen molar-refractivity contribution in [2.45, 2.75) is 32.6 Å². The van der Waals surface area contributed by atoms with Gasteiger partial charge in [-0.3, -0.25) is 4.79 Å². The Morgan fingerprint density at radius 3 is 2.25 bits per heavy atom. The van der Waals surface area contributed by atoms with E-state index >= 15 is 0 Å². The van der Waals surface area contributed by atoms with Crippen LogP contribution in [-0.4, -0.2) is 35.8 Å². The number of hydrogen-bond donors (Lipinski definition) is 2. The van der Waals surface area contributed by atoms with Crippen molar-refractivity contribution < 1.29 is 27.5 Å². The largest absolute Gasteiger partial charge is 0.466 e. The highest BCUT2D eigenvalue weighted by Gasteiger charge is 2.63. The number of pyridine rings is 1. The molecular formula is C19H20F3N3O3. The molecule has 2 N–H and O–H groups in total. The molecule has 0 bridgehead atoms. The number of nitrogens with zero attached hydrogens (tertiary/aromatic N) is 1. The summed E-state index contributed by atoms with van der Waals surface area (Å²) in [7, 11) is 0.805. The van der Waals surface area contributed by atoms with Crippen LogP contribution in [0.2, 0.25) is 0 Å². The van der Waals surface area contributed by atoms with Crippen molar-refractivity contribution in [2.24, 2.45) is 0 Å². The predicted molar refractivity (Wildman–Crippen MR) is 96.8 cm³/mol. The molecule has 0 unspecified atom stereocenters. The van der Waals surface area contributed by atoms with E-state index in [1.807, 2.05) is 5.32 Å². The summed E-state index contributed by atoms with van der Waals surface area (Å²) in [5.74, 6) is -3.04. The fourth-order valence-corrected chi connectivity index (χ4v) is 2.71. The Labute approximate surface area is 160 Å². The highest BCUT2D eigenvalue weighted by atomic mass is 19.4. The number of anilines is 1. The van der Waals surface area contributed by atoms with Crippen LogP contribution in [0.4, 0.5) is 19.0 Å². The van der Waals surface area contributed by atoms with Gasteiger partial charge in [0.2, 0.25) is 0 Å². The molecule has 0 fully saturated rings. The fraction of sp³-hybridized carbons (Fsp3) is 0.316. The van der Waals surface area contributed by atoms with Gasteiger partial charge in [0.15, 0.2) is 0 Å². The van der Waals surface area contributed by atoms with E-state index in [9.17, 15) is 22.8 Å². The standard InChI is InChI=1S/C19H20F3N3O3/c1-11-9-13(3)23-15(10-11)24-18(17(27)28-4,19(20,21)22)25-16(26)14-8-6-5-7-12(14)2/h5-10H,1-4H3,(H,23,24)(H,25,26)/t18-/m0/s1. The molecule has 0 saturated carbocycles. The molecule has 9 heteroatoms. The van der Waals surface area contributed by atoms with Crippen LogP contribution >= 0.6 is 0 Å². The summed E-state index contributed by atoms with van der Waals surface area (Å²) in [5, 5.41) is 3.82. The van der Waals surface area contributed by atoms with Crippen LogP contribution in [0.15, 0.2) is 36.4 Å². The molecule has 1 atom stereocenters. The first-order valence-corrected chi connectivity index (χ1v) is 8.27. The van der Waals surface area contributed by atoms with Gasteiger partial charge in [-0.15, -0.1) is 0 Å². The highest BCUT2D eigenvalue weighted by molar-refractivity contribution is 6.00. The van der Waals surface area contributed by atoms with Crippen LogP contribution in [0.3, 0.4) is 0 Å². The van der Waals surface area contributed by atoms with Crippen molar-refractivity contribution >= 4 is 17.7 Å². The van der Waals surface area contributed by atoms with Crippen molar-refractivity contribution in [3.05, 3.63) is 58.8 Å². The zero-order valence-corrected chi connectivity index (χ0v) is 15.8. The zero-order valence-electron chi connectivity index (χ0n) is 15.8. The van der Waals surface area contributed by atoms with Crippen LogP contribution in [0, 0.1) is 20.8 Å². The Hall–Kier alpha value is -3.10. The Morgan fingerprint density at radius 1 is 1.07 bits per heavy atom. The lowest BCUT2D eigenvalue weighted by Crippen LogP contribution is -2.69. The number of carbonyl (C=O) groups excluding carboxylic acids is 2.